The molecule has 4 aromatic rings. The fourth-order valence-corrected chi connectivity index (χ4v) is 7.97. The molecule has 1 unspecified atom stereocenters. The van der Waals surface area contributed by atoms with Crippen LogP contribution in [0.2, 0.25) is 0 Å². The zero-order chi connectivity index (χ0) is 37.1. The Balaban J connectivity index is 2.59. The molecule has 0 aliphatic heterocycles. The first-order valence-corrected chi connectivity index (χ1v) is 18.0. The lowest BCUT2D eigenvalue weighted by Crippen LogP contribution is -2.46. The van der Waals surface area contributed by atoms with Gasteiger partial charge in [0, 0.05) is 0 Å². The van der Waals surface area contributed by atoms with Crippen molar-refractivity contribution in [1.82, 2.24) is 0 Å². The molecule has 0 heterocycles. The molecule has 2 nitrogen and oxygen atoms in total. The van der Waals surface area contributed by atoms with Crippen molar-refractivity contribution in [3.8, 4) is 0 Å². The second-order valence-electron chi connectivity index (χ2n) is 18.8. The Hall–Kier alpha value is -3.65. The number of carbonyl (C=O) groups is 1. The first-order valence-electron chi connectivity index (χ1n) is 18.0. The van der Waals surface area contributed by atoms with E-state index in [-0.39, 0.29) is 21.7 Å². The molecular formula is C47H62O2. The minimum Gasteiger partial charge on any atom is -0.481 e. The van der Waals surface area contributed by atoms with Crippen LogP contribution in [0.5, 0.6) is 0 Å². The fraction of sp³-hybridized carbons (Fsp3) is 0.468. The van der Waals surface area contributed by atoms with Crippen molar-refractivity contribution < 1.29 is 9.90 Å². The van der Waals surface area contributed by atoms with Crippen LogP contribution < -0.4 is 0 Å². The van der Waals surface area contributed by atoms with Gasteiger partial charge in [-0.15, -0.1) is 0 Å². The molecule has 0 radical (unpaired) electrons. The molecule has 0 amide bonds. The van der Waals surface area contributed by atoms with Crippen molar-refractivity contribution in [3.05, 3.63) is 140 Å². The molecule has 0 fully saturated rings. The number of carboxylic acid groups (broad SMARTS) is 1. The summed E-state index contributed by atoms with van der Waals surface area (Å²) in [5.74, 6) is -1.77. The first-order chi connectivity index (χ1) is 22.3. The molecule has 0 saturated heterocycles. The zero-order valence-corrected chi connectivity index (χ0v) is 33.4. The number of hydrogen-bond donors (Lipinski definition) is 1. The predicted octanol–water partition coefficient (Wildman–Crippen LogP) is 12.3. The van der Waals surface area contributed by atoms with Crippen LogP contribution in [0, 0.1) is 27.7 Å². The van der Waals surface area contributed by atoms with Gasteiger partial charge in [-0.25, -0.2) is 0 Å². The van der Waals surface area contributed by atoms with Crippen LogP contribution in [0.3, 0.4) is 0 Å². The molecule has 0 bridgehead atoms. The third kappa shape index (κ3) is 7.30. The Morgan fingerprint density at radius 2 is 0.694 bits per heavy atom. The lowest BCUT2D eigenvalue weighted by molar-refractivity contribution is -0.140. The highest BCUT2D eigenvalue weighted by Gasteiger charge is 2.54. The number of benzene rings is 4. The van der Waals surface area contributed by atoms with Gasteiger partial charge in [0.2, 0.25) is 0 Å². The topological polar surface area (TPSA) is 37.3 Å². The number of aryl methyl sites for hydroxylation is 4. The summed E-state index contributed by atoms with van der Waals surface area (Å²) in [4.78, 5) is 14.8. The van der Waals surface area contributed by atoms with Gasteiger partial charge in [-0.2, -0.15) is 0 Å². The Morgan fingerprint density at radius 3 is 0.959 bits per heavy atom. The summed E-state index contributed by atoms with van der Waals surface area (Å²) in [5.41, 5.74) is 10.8. The normalized spacial score (nSPS) is 13.8. The van der Waals surface area contributed by atoms with Crippen LogP contribution in [0.1, 0.15) is 156 Å². The van der Waals surface area contributed by atoms with E-state index in [4.69, 9.17) is 0 Å². The van der Waals surface area contributed by atoms with Crippen LogP contribution in [-0.4, -0.2) is 11.1 Å². The summed E-state index contributed by atoms with van der Waals surface area (Å²) < 4.78 is 0. The highest BCUT2D eigenvalue weighted by molar-refractivity contribution is 5.84. The highest BCUT2D eigenvalue weighted by Crippen LogP contribution is 2.58. The fourth-order valence-electron chi connectivity index (χ4n) is 7.97. The van der Waals surface area contributed by atoms with Gasteiger partial charge in [0.1, 0.15) is 0 Å². The van der Waals surface area contributed by atoms with Crippen molar-refractivity contribution in [2.24, 2.45) is 0 Å². The van der Waals surface area contributed by atoms with Gasteiger partial charge in [0.05, 0.1) is 11.3 Å². The standard InChI is InChI=1S/C47H62O2/c1-29-17-21-34(43(5,6)7)33(25-29)41(42(48)49)47(38-26-30(2)18-22-35(38)44(8,9)10,39-27-31(3)19-23-36(39)45(11,12)13)40-28-32(4)20-24-37(40)46(14,15)16/h17-28,41H,1-16H3,(H,48,49). The molecule has 1 N–H and O–H groups in total. The van der Waals surface area contributed by atoms with Crippen LogP contribution >= 0.6 is 0 Å². The molecule has 0 spiro atoms. The Bertz CT molecular complexity index is 1700. The zero-order valence-electron chi connectivity index (χ0n) is 33.4. The summed E-state index contributed by atoms with van der Waals surface area (Å²) in [7, 11) is 0. The second kappa shape index (κ2) is 12.9. The van der Waals surface area contributed by atoms with Crippen LogP contribution in [0.25, 0.3) is 0 Å². The third-order valence-electron chi connectivity index (χ3n) is 10.2. The maximum absolute atomic E-state index is 14.8. The Labute approximate surface area is 298 Å². The van der Waals surface area contributed by atoms with Crippen LogP contribution in [-0.2, 0) is 31.9 Å². The Kier molecular flexibility index (Phi) is 10.1. The molecule has 0 aliphatic rings. The van der Waals surface area contributed by atoms with Gasteiger partial charge in [0.25, 0.3) is 0 Å². The first kappa shape index (κ1) is 38.2. The maximum Gasteiger partial charge on any atom is 0.312 e. The summed E-state index contributed by atoms with van der Waals surface area (Å²) in [6, 6.07) is 26.8. The lowest BCUT2D eigenvalue weighted by Gasteiger charge is -2.48. The monoisotopic (exact) mass is 658 g/mol. The average molecular weight is 659 g/mol. The van der Waals surface area contributed by atoms with Gasteiger partial charge in [-0.3, -0.25) is 4.79 Å². The van der Waals surface area contributed by atoms with Gasteiger partial charge in [0.15, 0.2) is 0 Å². The van der Waals surface area contributed by atoms with E-state index in [1.165, 1.54) is 0 Å². The molecular weight excluding hydrogens is 597 g/mol. The van der Waals surface area contributed by atoms with Gasteiger partial charge in [-0.05, 0) is 93.9 Å². The third-order valence-corrected chi connectivity index (χ3v) is 10.2. The van der Waals surface area contributed by atoms with Crippen molar-refractivity contribution in [3.63, 3.8) is 0 Å². The van der Waals surface area contributed by atoms with Crippen LogP contribution in [0.4, 0.5) is 0 Å². The van der Waals surface area contributed by atoms with Gasteiger partial charge < -0.3 is 5.11 Å². The largest absolute Gasteiger partial charge is 0.481 e. The average Bonchev–Trinajstić information content (AvgIpc) is 2.92. The minimum atomic E-state index is -1.11. The molecule has 4 rings (SSSR count). The van der Waals surface area contributed by atoms with E-state index in [1.54, 1.807) is 0 Å². The SMILES string of the molecule is Cc1ccc(C(C)(C)C)c(C(C(=O)O)C(c2cc(C)ccc2C(C)(C)C)(c2cc(C)ccc2C(C)(C)C)c2cc(C)ccc2C(C)(C)C)c1. The van der Waals surface area contributed by atoms with Crippen molar-refractivity contribution in [2.45, 2.75) is 144 Å². The summed E-state index contributed by atoms with van der Waals surface area (Å²) in [5, 5.41) is 12.1. The second-order valence-corrected chi connectivity index (χ2v) is 18.8. The van der Waals surface area contributed by atoms with E-state index in [2.05, 4.69) is 184 Å². The van der Waals surface area contributed by atoms with E-state index in [9.17, 15) is 9.90 Å². The van der Waals surface area contributed by atoms with E-state index in [0.717, 1.165) is 66.8 Å². The molecule has 4 aromatic carbocycles. The summed E-state index contributed by atoms with van der Waals surface area (Å²) >= 11 is 0. The smallest absolute Gasteiger partial charge is 0.312 e. The van der Waals surface area contributed by atoms with Gasteiger partial charge in [-0.1, -0.05) is 178 Å². The van der Waals surface area contributed by atoms with E-state index in [1.807, 2.05) is 0 Å². The lowest BCUT2D eigenvalue weighted by atomic mass is 9.53. The predicted molar refractivity (Wildman–Crippen MR) is 210 cm³/mol. The quantitative estimate of drug-likeness (QED) is 0.209. The Morgan fingerprint density at radius 1 is 0.429 bits per heavy atom. The van der Waals surface area contributed by atoms with Crippen molar-refractivity contribution in [2.75, 3.05) is 0 Å². The molecule has 262 valence electrons. The van der Waals surface area contributed by atoms with E-state index < -0.39 is 17.3 Å². The molecule has 0 saturated carbocycles. The van der Waals surface area contributed by atoms with E-state index in [0.29, 0.717) is 0 Å². The molecule has 2 heteroatoms. The van der Waals surface area contributed by atoms with Gasteiger partial charge >= 0.3 is 5.97 Å². The van der Waals surface area contributed by atoms with Crippen molar-refractivity contribution >= 4 is 5.97 Å². The number of rotatable bonds is 6. The summed E-state index contributed by atoms with van der Waals surface area (Å²) in [6.45, 7) is 35.5. The molecule has 0 aliphatic carbocycles. The number of aliphatic carboxylic acids is 1. The number of hydrogen-bond acceptors (Lipinski definition) is 1. The molecule has 1 atom stereocenters. The molecule has 0 aromatic heterocycles. The maximum atomic E-state index is 14.8. The summed E-state index contributed by atoms with van der Waals surface area (Å²) in [6.07, 6.45) is 0. The van der Waals surface area contributed by atoms with Crippen LogP contribution in [0.15, 0.2) is 72.8 Å². The highest BCUT2D eigenvalue weighted by atomic mass is 16.4. The van der Waals surface area contributed by atoms with E-state index >= 15 is 0 Å². The molecule has 49 heavy (non-hydrogen) atoms. The number of carboxylic acids is 1. The van der Waals surface area contributed by atoms with Crippen molar-refractivity contribution in [1.29, 1.82) is 0 Å². The minimum absolute atomic E-state index is 0.270.